The van der Waals surface area contributed by atoms with Crippen molar-refractivity contribution in [2.75, 3.05) is 0 Å². The Hall–Kier alpha value is -0.680. The van der Waals surface area contributed by atoms with Crippen molar-refractivity contribution in [3.8, 4) is 0 Å². The number of esters is 1. The zero-order valence-corrected chi connectivity index (χ0v) is 11.7. The van der Waals surface area contributed by atoms with Gasteiger partial charge in [-0.25, -0.2) is 13.7 Å². The summed E-state index contributed by atoms with van der Waals surface area (Å²) in [5, 5.41) is 0. The van der Waals surface area contributed by atoms with E-state index in [1.165, 1.54) is 6.08 Å². The highest BCUT2D eigenvalue weighted by atomic mass is 32.2. The molecule has 4 nitrogen and oxygen atoms in total. The van der Waals surface area contributed by atoms with Crippen LogP contribution in [0, 0.1) is 0 Å². The number of carbonyl (C=O) groups excluding carboxylic acids is 1. The van der Waals surface area contributed by atoms with Crippen LogP contribution in [0.5, 0.6) is 0 Å². The quantitative estimate of drug-likeness (QED) is 0.764. The Labute approximate surface area is 105 Å². The summed E-state index contributed by atoms with van der Waals surface area (Å²) in [5.74, 6) is -0.320. The summed E-state index contributed by atoms with van der Waals surface area (Å²) in [7, 11) is -1.15. The minimum absolute atomic E-state index is 0.0808. The SMILES string of the molecule is CCC[C@@H](N[S@@](=O)C(C)(C)C)[C@@H]1C=CC(=O)O1. The Bertz CT molecular complexity index is 333. The summed E-state index contributed by atoms with van der Waals surface area (Å²) in [6.45, 7) is 7.79. The molecule has 0 saturated carbocycles. The Morgan fingerprint density at radius 1 is 1.53 bits per heavy atom. The lowest BCUT2D eigenvalue weighted by Crippen LogP contribution is -2.45. The molecule has 1 N–H and O–H groups in total. The van der Waals surface area contributed by atoms with Gasteiger partial charge < -0.3 is 4.74 Å². The van der Waals surface area contributed by atoms with Crippen molar-refractivity contribution in [3.63, 3.8) is 0 Å². The maximum atomic E-state index is 12.0. The van der Waals surface area contributed by atoms with E-state index in [1.807, 2.05) is 20.8 Å². The Kier molecular flexibility index (Phi) is 4.89. The Morgan fingerprint density at radius 3 is 2.59 bits per heavy atom. The van der Waals surface area contributed by atoms with E-state index in [0.29, 0.717) is 0 Å². The van der Waals surface area contributed by atoms with Gasteiger partial charge in [0.1, 0.15) is 6.10 Å². The number of nitrogens with one attached hydrogen (secondary N) is 1. The van der Waals surface area contributed by atoms with Gasteiger partial charge in [-0.15, -0.1) is 0 Å². The van der Waals surface area contributed by atoms with Gasteiger partial charge in [-0.2, -0.15) is 0 Å². The van der Waals surface area contributed by atoms with Gasteiger partial charge in [-0.1, -0.05) is 13.3 Å². The standard InChI is InChI=1S/C12H21NO3S/c1-5-6-9(10-7-8-11(14)16-10)13-17(15)12(2,3)4/h7-10,13H,5-6H2,1-4H3/t9-,10+,17+/m1/s1. The highest BCUT2D eigenvalue weighted by Gasteiger charge is 2.30. The van der Waals surface area contributed by atoms with Gasteiger partial charge in [0.25, 0.3) is 0 Å². The van der Waals surface area contributed by atoms with Crippen molar-refractivity contribution >= 4 is 17.0 Å². The molecule has 1 aliphatic heterocycles. The minimum atomic E-state index is -1.15. The molecule has 0 bridgehead atoms. The second kappa shape index (κ2) is 5.78. The Morgan fingerprint density at radius 2 is 2.18 bits per heavy atom. The lowest BCUT2D eigenvalue weighted by Gasteiger charge is -2.26. The summed E-state index contributed by atoms with van der Waals surface area (Å²) in [5.41, 5.74) is 0. The third-order valence-corrected chi connectivity index (χ3v) is 4.11. The molecule has 0 aromatic carbocycles. The van der Waals surface area contributed by atoms with Crippen LogP contribution in [0.2, 0.25) is 0 Å². The van der Waals surface area contributed by atoms with Crippen molar-refractivity contribution in [3.05, 3.63) is 12.2 Å². The average Bonchev–Trinajstić information content (AvgIpc) is 2.62. The van der Waals surface area contributed by atoms with Gasteiger partial charge in [0, 0.05) is 6.08 Å². The summed E-state index contributed by atoms with van der Waals surface area (Å²) >= 11 is 0. The molecular formula is C12H21NO3S. The second-order valence-corrected chi connectivity index (χ2v) is 7.15. The molecule has 1 rings (SSSR count). The molecule has 1 aliphatic rings. The van der Waals surface area contributed by atoms with Crippen LogP contribution >= 0.6 is 0 Å². The molecule has 0 saturated heterocycles. The molecule has 0 aliphatic carbocycles. The van der Waals surface area contributed by atoms with Crippen LogP contribution in [0.25, 0.3) is 0 Å². The van der Waals surface area contributed by atoms with E-state index in [9.17, 15) is 9.00 Å². The maximum Gasteiger partial charge on any atom is 0.331 e. The predicted octanol–water partition coefficient (Wildman–Crippen LogP) is 1.69. The molecule has 0 unspecified atom stereocenters. The molecule has 0 radical (unpaired) electrons. The van der Waals surface area contributed by atoms with E-state index in [2.05, 4.69) is 11.6 Å². The molecule has 5 heteroatoms. The molecule has 1 heterocycles. The van der Waals surface area contributed by atoms with Gasteiger partial charge >= 0.3 is 5.97 Å². The predicted molar refractivity (Wildman–Crippen MR) is 68.7 cm³/mol. The fourth-order valence-corrected chi connectivity index (χ4v) is 2.40. The van der Waals surface area contributed by atoms with Gasteiger partial charge in [0.2, 0.25) is 0 Å². The van der Waals surface area contributed by atoms with Crippen LogP contribution in [-0.2, 0) is 20.5 Å². The van der Waals surface area contributed by atoms with Crippen molar-refractivity contribution in [2.45, 2.75) is 57.4 Å². The van der Waals surface area contributed by atoms with E-state index in [0.717, 1.165) is 12.8 Å². The molecule has 3 atom stereocenters. The van der Waals surface area contributed by atoms with E-state index < -0.39 is 11.0 Å². The zero-order chi connectivity index (χ0) is 13.1. The zero-order valence-electron chi connectivity index (χ0n) is 10.9. The number of hydrogen-bond acceptors (Lipinski definition) is 3. The lowest BCUT2D eigenvalue weighted by atomic mass is 10.1. The van der Waals surface area contributed by atoms with Gasteiger partial charge in [-0.3, -0.25) is 0 Å². The van der Waals surface area contributed by atoms with Crippen molar-refractivity contribution in [1.29, 1.82) is 0 Å². The summed E-state index contributed by atoms with van der Waals surface area (Å²) < 4.78 is 19.9. The summed E-state index contributed by atoms with van der Waals surface area (Å²) in [6.07, 6.45) is 4.63. The summed E-state index contributed by atoms with van der Waals surface area (Å²) in [6, 6.07) is -0.0808. The minimum Gasteiger partial charge on any atom is -0.453 e. The topological polar surface area (TPSA) is 55.4 Å². The molecule has 0 spiro atoms. The van der Waals surface area contributed by atoms with Gasteiger partial charge in [0.05, 0.1) is 21.8 Å². The number of cyclic esters (lactones) is 1. The first-order valence-corrected chi connectivity index (χ1v) is 7.06. The number of hydrogen-bond donors (Lipinski definition) is 1. The average molecular weight is 259 g/mol. The largest absolute Gasteiger partial charge is 0.453 e. The molecule has 0 aromatic rings. The van der Waals surface area contributed by atoms with E-state index in [4.69, 9.17) is 4.74 Å². The first-order valence-electron chi connectivity index (χ1n) is 5.91. The highest BCUT2D eigenvalue weighted by molar-refractivity contribution is 7.84. The third kappa shape index (κ3) is 4.24. The van der Waals surface area contributed by atoms with E-state index in [-0.39, 0.29) is 22.9 Å². The van der Waals surface area contributed by atoms with Crippen LogP contribution in [0.15, 0.2) is 12.2 Å². The second-order valence-electron chi connectivity index (χ2n) is 5.15. The lowest BCUT2D eigenvalue weighted by molar-refractivity contribution is -0.139. The van der Waals surface area contributed by atoms with Crippen LogP contribution in [0.1, 0.15) is 40.5 Å². The van der Waals surface area contributed by atoms with Gasteiger partial charge in [-0.05, 0) is 33.3 Å². The molecular weight excluding hydrogens is 238 g/mol. The van der Waals surface area contributed by atoms with Crippen LogP contribution in [-0.4, -0.2) is 27.1 Å². The molecule has 17 heavy (non-hydrogen) atoms. The van der Waals surface area contributed by atoms with Crippen LogP contribution < -0.4 is 4.72 Å². The van der Waals surface area contributed by atoms with Crippen LogP contribution in [0.4, 0.5) is 0 Å². The third-order valence-electron chi connectivity index (χ3n) is 2.49. The molecule has 0 amide bonds. The summed E-state index contributed by atoms with van der Waals surface area (Å²) in [4.78, 5) is 11.0. The smallest absolute Gasteiger partial charge is 0.331 e. The van der Waals surface area contributed by atoms with Crippen molar-refractivity contribution in [2.24, 2.45) is 0 Å². The van der Waals surface area contributed by atoms with E-state index >= 15 is 0 Å². The first kappa shape index (κ1) is 14.4. The number of rotatable bonds is 5. The fourth-order valence-electron chi connectivity index (χ4n) is 1.52. The normalized spacial score (nSPS) is 23.5. The molecule has 0 fully saturated rings. The highest BCUT2D eigenvalue weighted by Crippen LogP contribution is 2.17. The number of ether oxygens (including phenoxy) is 1. The Balaban J connectivity index is 2.64. The number of carbonyl (C=O) groups is 1. The first-order chi connectivity index (χ1) is 7.84. The monoisotopic (exact) mass is 259 g/mol. The fraction of sp³-hybridized carbons (Fsp3) is 0.750. The van der Waals surface area contributed by atoms with Gasteiger partial charge in [0.15, 0.2) is 0 Å². The maximum absolute atomic E-state index is 12.0. The van der Waals surface area contributed by atoms with Crippen LogP contribution in [0.3, 0.4) is 0 Å². The van der Waals surface area contributed by atoms with Crippen molar-refractivity contribution < 1.29 is 13.7 Å². The molecule has 0 aromatic heterocycles. The molecule has 98 valence electrons. The van der Waals surface area contributed by atoms with Crippen molar-refractivity contribution in [1.82, 2.24) is 4.72 Å². The van der Waals surface area contributed by atoms with E-state index in [1.54, 1.807) is 6.08 Å².